The molecular formula is C22H23NO6. The van der Waals surface area contributed by atoms with Crippen LogP contribution in [-0.2, 0) is 9.59 Å². The molecule has 152 valence electrons. The Morgan fingerprint density at radius 3 is 2.28 bits per heavy atom. The zero-order valence-electron chi connectivity index (χ0n) is 16.4. The number of likely N-dealkylation sites (tertiary alicyclic amines) is 1. The summed E-state index contributed by atoms with van der Waals surface area (Å²) in [5, 5.41) is 11.2. The van der Waals surface area contributed by atoms with Gasteiger partial charge in [0.2, 0.25) is 0 Å². The zero-order valence-corrected chi connectivity index (χ0v) is 16.4. The monoisotopic (exact) mass is 397 g/mol. The number of aliphatic hydroxyl groups is 1. The number of hydrogen-bond donors (Lipinski definition) is 1. The van der Waals surface area contributed by atoms with Crippen LogP contribution in [-0.4, -0.2) is 42.0 Å². The van der Waals surface area contributed by atoms with Crippen molar-refractivity contribution in [1.29, 1.82) is 0 Å². The number of furan rings is 1. The first-order valence-electron chi connectivity index (χ1n) is 9.63. The third-order valence-electron chi connectivity index (χ3n) is 5.68. The molecule has 29 heavy (non-hydrogen) atoms. The van der Waals surface area contributed by atoms with Crippen LogP contribution in [0.3, 0.4) is 0 Å². The van der Waals surface area contributed by atoms with Gasteiger partial charge >= 0.3 is 0 Å². The molecule has 0 radical (unpaired) electrons. The Kier molecular flexibility index (Phi) is 5.05. The van der Waals surface area contributed by atoms with Gasteiger partial charge in [-0.05, 0) is 37.1 Å². The van der Waals surface area contributed by atoms with Gasteiger partial charge in [-0.2, -0.15) is 0 Å². The second-order valence-corrected chi connectivity index (χ2v) is 7.20. The van der Waals surface area contributed by atoms with Crippen LogP contribution >= 0.6 is 0 Å². The number of ether oxygens (including phenoxy) is 2. The van der Waals surface area contributed by atoms with Gasteiger partial charge in [-0.15, -0.1) is 0 Å². The summed E-state index contributed by atoms with van der Waals surface area (Å²) in [7, 11) is 2.93. The zero-order chi connectivity index (χ0) is 20.5. The number of hydrogen-bond acceptors (Lipinski definition) is 6. The molecule has 0 bridgehead atoms. The van der Waals surface area contributed by atoms with Gasteiger partial charge in [0.25, 0.3) is 11.7 Å². The van der Waals surface area contributed by atoms with E-state index in [2.05, 4.69) is 0 Å². The van der Waals surface area contributed by atoms with Gasteiger partial charge in [0.1, 0.15) is 34.6 Å². The minimum absolute atomic E-state index is 0.0142. The van der Waals surface area contributed by atoms with Crippen LogP contribution in [0.4, 0.5) is 0 Å². The lowest BCUT2D eigenvalue weighted by Gasteiger charge is -2.29. The van der Waals surface area contributed by atoms with E-state index in [0.717, 1.165) is 25.7 Å². The second-order valence-electron chi connectivity index (χ2n) is 7.20. The Balaban J connectivity index is 1.93. The van der Waals surface area contributed by atoms with Crippen molar-refractivity contribution in [2.24, 2.45) is 0 Å². The van der Waals surface area contributed by atoms with Crippen LogP contribution in [0.1, 0.15) is 43.0 Å². The fourth-order valence-corrected chi connectivity index (χ4v) is 4.35. The molecule has 1 amide bonds. The molecule has 7 heteroatoms. The molecule has 1 aromatic carbocycles. The van der Waals surface area contributed by atoms with E-state index >= 15 is 0 Å². The van der Waals surface area contributed by atoms with Gasteiger partial charge in [-0.3, -0.25) is 9.59 Å². The summed E-state index contributed by atoms with van der Waals surface area (Å²) in [5.41, 5.74) is 0.220. The topological polar surface area (TPSA) is 89.2 Å². The molecule has 1 unspecified atom stereocenters. The van der Waals surface area contributed by atoms with Crippen LogP contribution < -0.4 is 9.47 Å². The Hall–Kier alpha value is -3.22. The molecule has 1 atom stereocenters. The molecule has 2 heterocycles. The highest BCUT2D eigenvalue weighted by Gasteiger charge is 2.50. The fraction of sp³-hybridized carbons (Fsp3) is 0.364. The Labute approximate surface area is 168 Å². The van der Waals surface area contributed by atoms with E-state index in [1.807, 2.05) is 0 Å². The van der Waals surface area contributed by atoms with Crippen LogP contribution in [0.25, 0.3) is 5.76 Å². The first-order chi connectivity index (χ1) is 14.1. The van der Waals surface area contributed by atoms with E-state index in [-0.39, 0.29) is 22.9 Å². The molecule has 1 N–H and O–H groups in total. The molecule has 2 aliphatic rings. The number of rotatable bonds is 5. The number of carbonyl (C=O) groups excluding carboxylic acids is 2. The number of ketones is 1. The number of Topliss-reactive ketones (excluding diaryl/α,β-unsaturated/α-hetero) is 1. The summed E-state index contributed by atoms with van der Waals surface area (Å²) in [6, 6.07) is 7.60. The standard InChI is InChI=1S/C22H23NO6/c1-27-14-9-5-10-15(28-2)17(14)20(24)18-19(16-11-6-12-29-16)23(22(26)21(18)25)13-7-3-4-8-13/h5-6,9-13,19,24H,3-4,7-8H2,1-2H3/b20-18+. The highest BCUT2D eigenvalue weighted by atomic mass is 16.5. The minimum atomic E-state index is -0.789. The summed E-state index contributed by atoms with van der Waals surface area (Å²) in [6.45, 7) is 0. The predicted octanol–water partition coefficient (Wildman–Crippen LogP) is 3.66. The second kappa shape index (κ2) is 7.66. The van der Waals surface area contributed by atoms with Crippen molar-refractivity contribution in [3.8, 4) is 11.5 Å². The molecule has 2 fully saturated rings. The van der Waals surface area contributed by atoms with Crippen LogP contribution in [0.15, 0.2) is 46.6 Å². The van der Waals surface area contributed by atoms with Gasteiger partial charge in [0.05, 0.1) is 26.1 Å². The number of aliphatic hydroxyl groups excluding tert-OH is 1. The van der Waals surface area contributed by atoms with Gasteiger partial charge < -0.3 is 23.9 Å². The maximum Gasteiger partial charge on any atom is 0.296 e. The maximum atomic E-state index is 13.1. The maximum absolute atomic E-state index is 13.1. The molecule has 1 saturated carbocycles. The van der Waals surface area contributed by atoms with Crippen molar-refractivity contribution in [3.63, 3.8) is 0 Å². The Bertz CT molecular complexity index is 933. The molecule has 1 aliphatic heterocycles. The van der Waals surface area contributed by atoms with Crippen LogP contribution in [0.5, 0.6) is 11.5 Å². The molecule has 2 aromatic rings. The quantitative estimate of drug-likeness (QED) is 0.471. The molecule has 1 aromatic heterocycles. The predicted molar refractivity (Wildman–Crippen MR) is 105 cm³/mol. The van der Waals surface area contributed by atoms with E-state index in [0.29, 0.717) is 17.3 Å². The first-order valence-corrected chi connectivity index (χ1v) is 9.63. The van der Waals surface area contributed by atoms with Crippen molar-refractivity contribution in [3.05, 3.63) is 53.5 Å². The van der Waals surface area contributed by atoms with E-state index in [1.54, 1.807) is 35.2 Å². The molecule has 1 saturated heterocycles. The number of methoxy groups -OCH3 is 2. The number of benzene rings is 1. The Morgan fingerprint density at radius 1 is 1.07 bits per heavy atom. The van der Waals surface area contributed by atoms with E-state index in [4.69, 9.17) is 13.9 Å². The van der Waals surface area contributed by atoms with Crippen molar-refractivity contribution >= 4 is 17.4 Å². The largest absolute Gasteiger partial charge is 0.506 e. The first kappa shape index (κ1) is 19.1. The van der Waals surface area contributed by atoms with Crippen molar-refractivity contribution in [2.45, 2.75) is 37.8 Å². The average molecular weight is 397 g/mol. The van der Waals surface area contributed by atoms with E-state index in [1.165, 1.54) is 20.5 Å². The molecule has 0 spiro atoms. The van der Waals surface area contributed by atoms with Gasteiger partial charge in [0, 0.05) is 6.04 Å². The van der Waals surface area contributed by atoms with Gasteiger partial charge in [-0.25, -0.2) is 0 Å². The van der Waals surface area contributed by atoms with Crippen molar-refractivity contribution < 1.29 is 28.6 Å². The van der Waals surface area contributed by atoms with Crippen LogP contribution in [0, 0.1) is 0 Å². The number of amides is 1. The summed E-state index contributed by atoms with van der Waals surface area (Å²) in [4.78, 5) is 27.6. The summed E-state index contributed by atoms with van der Waals surface area (Å²) in [5.74, 6) is -0.567. The highest BCUT2D eigenvalue weighted by Crippen LogP contribution is 2.45. The molecular weight excluding hydrogens is 374 g/mol. The summed E-state index contributed by atoms with van der Waals surface area (Å²) in [6.07, 6.45) is 5.13. The lowest BCUT2D eigenvalue weighted by molar-refractivity contribution is -0.141. The molecule has 7 nitrogen and oxygen atoms in total. The lowest BCUT2D eigenvalue weighted by atomic mass is 9.97. The molecule has 1 aliphatic carbocycles. The van der Waals surface area contributed by atoms with Crippen LogP contribution in [0.2, 0.25) is 0 Å². The molecule has 4 rings (SSSR count). The third kappa shape index (κ3) is 3.06. The van der Waals surface area contributed by atoms with Crippen molar-refractivity contribution in [1.82, 2.24) is 4.90 Å². The fourth-order valence-electron chi connectivity index (χ4n) is 4.35. The summed E-state index contributed by atoms with van der Waals surface area (Å²) < 4.78 is 16.3. The summed E-state index contributed by atoms with van der Waals surface area (Å²) >= 11 is 0. The highest BCUT2D eigenvalue weighted by molar-refractivity contribution is 6.46. The average Bonchev–Trinajstić information content (AvgIpc) is 3.49. The minimum Gasteiger partial charge on any atom is -0.506 e. The normalized spacial score (nSPS) is 21.7. The smallest absolute Gasteiger partial charge is 0.296 e. The number of carbonyl (C=O) groups is 2. The number of nitrogens with zero attached hydrogens (tertiary/aromatic N) is 1. The van der Waals surface area contributed by atoms with Gasteiger partial charge in [0.15, 0.2) is 0 Å². The van der Waals surface area contributed by atoms with Gasteiger partial charge in [-0.1, -0.05) is 18.9 Å². The van der Waals surface area contributed by atoms with E-state index < -0.39 is 17.7 Å². The Morgan fingerprint density at radius 2 is 1.72 bits per heavy atom. The van der Waals surface area contributed by atoms with Crippen molar-refractivity contribution in [2.75, 3.05) is 14.2 Å². The lowest BCUT2D eigenvalue weighted by Crippen LogP contribution is -2.37. The SMILES string of the molecule is COc1cccc(OC)c1/C(O)=C1\C(=O)C(=O)N(C2CCCC2)C1c1ccco1. The van der Waals surface area contributed by atoms with E-state index in [9.17, 15) is 14.7 Å². The third-order valence-corrected chi connectivity index (χ3v) is 5.68.